The maximum atomic E-state index is 12.0. The quantitative estimate of drug-likeness (QED) is 0.852. The van der Waals surface area contributed by atoms with Crippen molar-refractivity contribution in [1.82, 2.24) is 4.48 Å². The van der Waals surface area contributed by atoms with Crippen LogP contribution in [0.4, 0.5) is 16.2 Å². The van der Waals surface area contributed by atoms with Crippen LogP contribution in [0.5, 0.6) is 5.75 Å². The number of rotatable bonds is 4. The highest BCUT2D eigenvalue weighted by molar-refractivity contribution is 6.16. The summed E-state index contributed by atoms with van der Waals surface area (Å²) in [5, 5.41) is 9.82. The number of carbonyl (C=O) groups is 1. The molecule has 5 nitrogen and oxygen atoms in total. The normalized spacial score (nSPS) is 22.0. The third kappa shape index (κ3) is 2.29. The number of ether oxygens (including phenoxy) is 1. The van der Waals surface area contributed by atoms with E-state index in [2.05, 4.69) is 4.99 Å². The molecule has 2 aliphatic rings. The molecule has 2 aromatic carbocycles. The van der Waals surface area contributed by atoms with Crippen LogP contribution in [0.2, 0.25) is 0 Å². The molecule has 1 unspecified atom stereocenters. The number of fused-ring (bicyclic) bond motifs is 1. The Bertz CT molecular complexity index is 828. The van der Waals surface area contributed by atoms with Crippen LogP contribution in [0.15, 0.2) is 53.5 Å². The SMILES string of the molecule is C[N+]1(C(=O)O)C(C2CC2)=Nc2c(OCc3ccccc3)cccc21. The summed E-state index contributed by atoms with van der Waals surface area (Å²) in [6.07, 6.45) is 1.11. The Kier molecular flexibility index (Phi) is 3.39. The lowest BCUT2D eigenvalue weighted by atomic mass is 10.2. The Hall–Kier alpha value is -2.66. The molecule has 1 N–H and O–H groups in total. The highest BCUT2D eigenvalue weighted by Crippen LogP contribution is 2.50. The number of quaternary nitrogens is 1. The van der Waals surface area contributed by atoms with Crippen LogP contribution in [0, 0.1) is 5.92 Å². The number of hydrogen-bond acceptors (Lipinski definition) is 3. The third-order valence-corrected chi connectivity index (χ3v) is 4.71. The molecule has 4 rings (SSSR count). The molecule has 24 heavy (non-hydrogen) atoms. The number of amidine groups is 1. The molecule has 1 heterocycles. The topological polar surface area (TPSA) is 58.9 Å². The lowest BCUT2D eigenvalue weighted by Gasteiger charge is -2.23. The second-order valence-electron chi connectivity index (χ2n) is 6.43. The molecule has 1 fully saturated rings. The summed E-state index contributed by atoms with van der Waals surface area (Å²) >= 11 is 0. The van der Waals surface area contributed by atoms with Gasteiger partial charge in [0.05, 0.1) is 13.0 Å². The van der Waals surface area contributed by atoms with E-state index in [-0.39, 0.29) is 10.4 Å². The van der Waals surface area contributed by atoms with Gasteiger partial charge < -0.3 is 9.84 Å². The summed E-state index contributed by atoms with van der Waals surface area (Å²) in [5.41, 5.74) is 2.39. The molecule has 5 heteroatoms. The number of benzene rings is 2. The molecular weight excluding hydrogens is 304 g/mol. The van der Waals surface area contributed by atoms with E-state index in [1.165, 1.54) is 0 Å². The van der Waals surface area contributed by atoms with E-state index in [9.17, 15) is 9.90 Å². The number of nitrogens with zero attached hydrogens (tertiary/aromatic N) is 2. The molecule has 1 amide bonds. The van der Waals surface area contributed by atoms with E-state index in [1.54, 1.807) is 7.05 Å². The van der Waals surface area contributed by atoms with Crippen LogP contribution >= 0.6 is 0 Å². The summed E-state index contributed by atoms with van der Waals surface area (Å²) in [6, 6.07) is 15.4. The summed E-state index contributed by atoms with van der Waals surface area (Å²) in [5.74, 6) is 1.62. The van der Waals surface area contributed by atoms with Crippen molar-refractivity contribution in [2.24, 2.45) is 10.9 Å². The van der Waals surface area contributed by atoms with Gasteiger partial charge in [-0.1, -0.05) is 36.4 Å². The fourth-order valence-electron chi connectivity index (χ4n) is 3.17. The van der Waals surface area contributed by atoms with Crippen LogP contribution in [0.1, 0.15) is 18.4 Å². The Morgan fingerprint density at radius 3 is 2.62 bits per heavy atom. The largest absolute Gasteiger partial charge is 0.524 e. The fourth-order valence-corrected chi connectivity index (χ4v) is 3.17. The summed E-state index contributed by atoms with van der Waals surface area (Å²) < 4.78 is 5.69. The minimum absolute atomic E-state index is 0.261. The number of carboxylic acid groups (broad SMARTS) is 1. The van der Waals surface area contributed by atoms with Crippen molar-refractivity contribution in [3.8, 4) is 5.75 Å². The minimum Gasteiger partial charge on any atom is -0.486 e. The highest BCUT2D eigenvalue weighted by Gasteiger charge is 2.53. The molecule has 1 saturated carbocycles. The molecule has 0 aromatic heterocycles. The molecule has 0 spiro atoms. The van der Waals surface area contributed by atoms with Crippen LogP contribution < -0.4 is 9.22 Å². The van der Waals surface area contributed by atoms with Crippen molar-refractivity contribution in [1.29, 1.82) is 0 Å². The van der Waals surface area contributed by atoms with Gasteiger partial charge in [-0.3, -0.25) is 0 Å². The fraction of sp³-hybridized carbons (Fsp3) is 0.263. The van der Waals surface area contributed by atoms with Crippen LogP contribution in [0.3, 0.4) is 0 Å². The van der Waals surface area contributed by atoms with Gasteiger partial charge >= 0.3 is 6.09 Å². The maximum absolute atomic E-state index is 12.0. The molecule has 0 radical (unpaired) electrons. The van der Waals surface area contributed by atoms with Gasteiger partial charge in [0.25, 0.3) is 0 Å². The minimum atomic E-state index is -0.903. The van der Waals surface area contributed by atoms with Gasteiger partial charge in [0.1, 0.15) is 6.61 Å². The third-order valence-electron chi connectivity index (χ3n) is 4.71. The first-order chi connectivity index (χ1) is 11.6. The summed E-state index contributed by atoms with van der Waals surface area (Å²) in [6.45, 7) is 0.433. The average molecular weight is 323 g/mol. The average Bonchev–Trinajstić information content (AvgIpc) is 3.38. The van der Waals surface area contributed by atoms with E-state index < -0.39 is 6.09 Å². The second-order valence-corrected chi connectivity index (χ2v) is 6.43. The maximum Gasteiger partial charge on any atom is 0.524 e. The molecule has 1 atom stereocenters. The number of amides is 1. The van der Waals surface area contributed by atoms with Crippen molar-refractivity contribution in [2.45, 2.75) is 19.4 Å². The van der Waals surface area contributed by atoms with E-state index in [4.69, 9.17) is 4.74 Å². The monoisotopic (exact) mass is 323 g/mol. The first-order valence-corrected chi connectivity index (χ1v) is 8.10. The standard InChI is InChI=1S/C19H18N2O3/c1-21(19(22)23)15-8-5-9-16(17(15)20-18(21)14-10-11-14)24-12-13-6-3-2-4-7-13/h2-9,14H,10-12H2,1H3/p+1. The van der Waals surface area contributed by atoms with E-state index in [0.29, 0.717) is 29.6 Å². The molecule has 122 valence electrons. The first kappa shape index (κ1) is 14.9. The summed E-state index contributed by atoms with van der Waals surface area (Å²) in [4.78, 5) is 16.7. The molecule has 0 saturated heterocycles. The van der Waals surface area contributed by atoms with E-state index >= 15 is 0 Å². The van der Waals surface area contributed by atoms with Gasteiger partial charge in [-0.2, -0.15) is 9.79 Å². The lowest BCUT2D eigenvalue weighted by molar-refractivity contribution is 0.176. The molecule has 1 aliphatic heterocycles. The molecule has 1 aliphatic carbocycles. The number of hydrogen-bond donors (Lipinski definition) is 1. The predicted octanol–water partition coefficient (Wildman–Crippen LogP) is 4.33. The smallest absolute Gasteiger partial charge is 0.486 e. The Balaban J connectivity index is 1.70. The zero-order valence-electron chi connectivity index (χ0n) is 13.5. The van der Waals surface area contributed by atoms with Crippen molar-refractivity contribution in [3.05, 3.63) is 54.1 Å². The zero-order valence-corrected chi connectivity index (χ0v) is 13.5. The van der Waals surface area contributed by atoms with Crippen molar-refractivity contribution < 1.29 is 14.6 Å². The van der Waals surface area contributed by atoms with Gasteiger partial charge in [0, 0.05) is 6.07 Å². The van der Waals surface area contributed by atoms with Crippen molar-refractivity contribution in [2.75, 3.05) is 7.05 Å². The number of aliphatic imine (C=N–C) groups is 1. The first-order valence-electron chi connectivity index (χ1n) is 8.10. The van der Waals surface area contributed by atoms with E-state index in [1.807, 2.05) is 48.5 Å². The van der Waals surface area contributed by atoms with E-state index in [0.717, 1.165) is 18.4 Å². The molecular formula is C19H19N2O3+. The van der Waals surface area contributed by atoms with Gasteiger partial charge in [-0.25, -0.2) is 0 Å². The summed E-state index contributed by atoms with van der Waals surface area (Å²) in [7, 11) is 1.70. The Morgan fingerprint density at radius 1 is 1.21 bits per heavy atom. The Morgan fingerprint density at radius 2 is 1.96 bits per heavy atom. The van der Waals surface area contributed by atoms with Gasteiger partial charge in [0.2, 0.25) is 5.84 Å². The van der Waals surface area contributed by atoms with Crippen LogP contribution in [-0.2, 0) is 6.61 Å². The van der Waals surface area contributed by atoms with Crippen LogP contribution in [-0.4, -0.2) is 24.1 Å². The van der Waals surface area contributed by atoms with Gasteiger partial charge in [-0.15, -0.1) is 4.48 Å². The number of para-hydroxylation sites is 1. The highest BCUT2D eigenvalue weighted by atomic mass is 16.5. The Labute approximate surface area is 140 Å². The zero-order chi connectivity index (χ0) is 16.7. The predicted molar refractivity (Wildman–Crippen MR) is 92.8 cm³/mol. The lowest BCUT2D eigenvalue weighted by Crippen LogP contribution is -2.53. The van der Waals surface area contributed by atoms with Gasteiger partial charge in [0.15, 0.2) is 17.1 Å². The van der Waals surface area contributed by atoms with Crippen molar-refractivity contribution in [3.63, 3.8) is 0 Å². The van der Waals surface area contributed by atoms with Crippen molar-refractivity contribution >= 4 is 23.3 Å². The van der Waals surface area contributed by atoms with Gasteiger partial charge in [-0.05, 0) is 24.5 Å². The van der Waals surface area contributed by atoms with Crippen LogP contribution in [0.25, 0.3) is 0 Å². The molecule has 2 aromatic rings. The second kappa shape index (κ2) is 5.46. The molecule has 0 bridgehead atoms.